The summed E-state index contributed by atoms with van der Waals surface area (Å²) in [6.07, 6.45) is 1.66. The summed E-state index contributed by atoms with van der Waals surface area (Å²) in [6.45, 7) is 4.93. The predicted molar refractivity (Wildman–Crippen MR) is 102 cm³/mol. The molecule has 1 aliphatic heterocycles. The van der Waals surface area contributed by atoms with Crippen molar-refractivity contribution < 1.29 is 8.42 Å². The molecule has 5 nitrogen and oxygen atoms in total. The van der Waals surface area contributed by atoms with Crippen molar-refractivity contribution in [2.24, 2.45) is 5.73 Å². The number of likely N-dealkylation sites (tertiary alicyclic amines) is 1. The molecule has 0 unspecified atom stereocenters. The molecule has 0 spiro atoms. The van der Waals surface area contributed by atoms with Crippen LogP contribution in [0.25, 0.3) is 0 Å². The van der Waals surface area contributed by atoms with Gasteiger partial charge in [-0.05, 0) is 31.4 Å². The van der Waals surface area contributed by atoms with Crippen LogP contribution < -0.4 is 10.5 Å². The van der Waals surface area contributed by atoms with Crippen LogP contribution in [0.15, 0.2) is 41.3 Å². The molecule has 1 fully saturated rings. The molecule has 1 aromatic heterocycles. The molecule has 3 rings (SSSR count). The minimum Gasteiger partial charge on any atom is -0.326 e. The molecule has 7 heteroatoms. The van der Waals surface area contributed by atoms with Crippen LogP contribution in [0, 0.1) is 6.92 Å². The van der Waals surface area contributed by atoms with Crippen molar-refractivity contribution in [3.05, 3.63) is 51.7 Å². The van der Waals surface area contributed by atoms with Gasteiger partial charge in [0.05, 0.1) is 4.90 Å². The maximum atomic E-state index is 12.7. The van der Waals surface area contributed by atoms with Gasteiger partial charge in [-0.3, -0.25) is 4.90 Å². The van der Waals surface area contributed by atoms with E-state index in [0.717, 1.165) is 42.2 Å². The zero-order chi connectivity index (χ0) is 17.9. The first-order valence-electron chi connectivity index (χ1n) is 8.56. The second-order valence-electron chi connectivity index (χ2n) is 6.49. The Labute approximate surface area is 153 Å². The first-order chi connectivity index (χ1) is 12.0. The highest BCUT2D eigenvalue weighted by Crippen LogP contribution is 2.26. The smallest absolute Gasteiger partial charge is 0.241 e. The lowest BCUT2D eigenvalue weighted by molar-refractivity contribution is 0.200. The fourth-order valence-electron chi connectivity index (χ4n) is 3.23. The summed E-state index contributed by atoms with van der Waals surface area (Å²) in [4.78, 5) is 4.46. The van der Waals surface area contributed by atoms with Gasteiger partial charge < -0.3 is 5.73 Å². The highest BCUT2D eigenvalue weighted by atomic mass is 32.2. The van der Waals surface area contributed by atoms with Crippen molar-refractivity contribution >= 4 is 21.4 Å². The van der Waals surface area contributed by atoms with E-state index >= 15 is 0 Å². The Morgan fingerprint density at radius 3 is 2.52 bits per heavy atom. The molecule has 1 aromatic carbocycles. The van der Waals surface area contributed by atoms with Crippen molar-refractivity contribution in [3.63, 3.8) is 0 Å². The Morgan fingerprint density at radius 1 is 1.24 bits per heavy atom. The van der Waals surface area contributed by atoms with Crippen LogP contribution in [0.5, 0.6) is 0 Å². The topological polar surface area (TPSA) is 75.4 Å². The Hall–Kier alpha value is -1.25. The van der Waals surface area contributed by atoms with Crippen LogP contribution >= 0.6 is 11.3 Å². The summed E-state index contributed by atoms with van der Waals surface area (Å²) >= 11 is 1.45. The monoisotopic (exact) mass is 379 g/mol. The first kappa shape index (κ1) is 18.5. The molecule has 0 radical (unpaired) electrons. The standard InChI is InChI=1S/C18H25N3O2S2/c1-14-18(11-17(12-19)24-14)25(22,23)20-16-7-9-21(10-8-16)13-15-5-3-2-4-6-15/h2-6,11,16,20H,7-10,12-13,19H2,1H3. The summed E-state index contributed by atoms with van der Waals surface area (Å²) in [7, 11) is -3.47. The summed E-state index contributed by atoms with van der Waals surface area (Å²) in [6, 6.07) is 12.1. The number of piperidine rings is 1. The Bertz CT molecular complexity index is 795. The van der Waals surface area contributed by atoms with Crippen LogP contribution in [0.2, 0.25) is 0 Å². The van der Waals surface area contributed by atoms with E-state index in [1.807, 2.05) is 13.0 Å². The van der Waals surface area contributed by atoms with Crippen LogP contribution in [-0.2, 0) is 23.1 Å². The Kier molecular flexibility index (Phi) is 5.91. The molecule has 0 saturated carbocycles. The van der Waals surface area contributed by atoms with E-state index in [4.69, 9.17) is 5.73 Å². The third kappa shape index (κ3) is 4.68. The Morgan fingerprint density at radius 2 is 1.92 bits per heavy atom. The van der Waals surface area contributed by atoms with Crippen LogP contribution in [0.4, 0.5) is 0 Å². The fourth-order valence-corrected chi connectivity index (χ4v) is 6.04. The molecule has 0 bridgehead atoms. The Balaban J connectivity index is 1.57. The van der Waals surface area contributed by atoms with Gasteiger partial charge >= 0.3 is 0 Å². The van der Waals surface area contributed by atoms with Gasteiger partial charge in [0.2, 0.25) is 10.0 Å². The number of nitrogens with two attached hydrogens (primary N) is 1. The summed E-state index contributed by atoms with van der Waals surface area (Å²) in [5.41, 5.74) is 6.92. The van der Waals surface area contributed by atoms with Gasteiger partial charge in [0.1, 0.15) is 0 Å². The molecular formula is C18H25N3O2S2. The van der Waals surface area contributed by atoms with E-state index in [2.05, 4.69) is 33.9 Å². The van der Waals surface area contributed by atoms with Crippen molar-refractivity contribution in [2.75, 3.05) is 13.1 Å². The number of nitrogens with one attached hydrogen (secondary N) is 1. The molecular weight excluding hydrogens is 354 g/mol. The van der Waals surface area contributed by atoms with Crippen molar-refractivity contribution in [2.45, 2.75) is 43.8 Å². The van der Waals surface area contributed by atoms with E-state index in [1.165, 1.54) is 16.9 Å². The normalized spacial score (nSPS) is 17.0. The SMILES string of the molecule is Cc1sc(CN)cc1S(=O)(=O)NC1CCN(Cc2ccccc2)CC1. The first-order valence-corrected chi connectivity index (χ1v) is 10.9. The number of benzene rings is 1. The minimum absolute atomic E-state index is 0.00218. The molecule has 1 aliphatic rings. The quantitative estimate of drug-likeness (QED) is 0.808. The summed E-state index contributed by atoms with van der Waals surface area (Å²) < 4.78 is 28.2. The number of sulfonamides is 1. The number of aryl methyl sites for hydroxylation is 1. The van der Waals surface area contributed by atoms with E-state index in [1.54, 1.807) is 6.07 Å². The van der Waals surface area contributed by atoms with Gasteiger partial charge in [-0.1, -0.05) is 30.3 Å². The number of rotatable bonds is 6. The molecule has 1 saturated heterocycles. The van der Waals surface area contributed by atoms with Gasteiger partial charge in [0.15, 0.2) is 0 Å². The summed E-state index contributed by atoms with van der Waals surface area (Å²) in [5.74, 6) is 0. The average Bonchev–Trinajstić information content (AvgIpc) is 2.99. The van der Waals surface area contributed by atoms with Crippen molar-refractivity contribution in [1.29, 1.82) is 0 Å². The van der Waals surface area contributed by atoms with Gasteiger partial charge in [-0.15, -0.1) is 11.3 Å². The number of hydrogen-bond donors (Lipinski definition) is 2. The van der Waals surface area contributed by atoms with Crippen LogP contribution in [0.3, 0.4) is 0 Å². The highest BCUT2D eigenvalue weighted by molar-refractivity contribution is 7.89. The van der Waals surface area contributed by atoms with Crippen molar-refractivity contribution in [3.8, 4) is 0 Å². The third-order valence-electron chi connectivity index (χ3n) is 4.57. The lowest BCUT2D eigenvalue weighted by atomic mass is 10.1. The molecule has 0 atom stereocenters. The summed E-state index contributed by atoms with van der Waals surface area (Å²) in [5, 5.41) is 0. The molecule has 0 aliphatic carbocycles. The van der Waals surface area contributed by atoms with Gasteiger partial charge in [0, 0.05) is 42.0 Å². The molecule has 2 aromatic rings. The second-order valence-corrected chi connectivity index (χ2v) is 9.52. The van der Waals surface area contributed by atoms with Crippen LogP contribution in [-0.4, -0.2) is 32.4 Å². The lowest BCUT2D eigenvalue weighted by Crippen LogP contribution is -2.44. The lowest BCUT2D eigenvalue weighted by Gasteiger charge is -2.32. The highest BCUT2D eigenvalue weighted by Gasteiger charge is 2.26. The predicted octanol–water partition coefficient (Wildman–Crippen LogP) is 2.46. The molecule has 3 N–H and O–H groups in total. The maximum absolute atomic E-state index is 12.7. The zero-order valence-corrected chi connectivity index (χ0v) is 16.1. The minimum atomic E-state index is -3.47. The number of hydrogen-bond acceptors (Lipinski definition) is 5. The molecule has 25 heavy (non-hydrogen) atoms. The second kappa shape index (κ2) is 7.97. The molecule has 136 valence electrons. The van der Waals surface area contributed by atoms with Gasteiger partial charge in [0.25, 0.3) is 0 Å². The van der Waals surface area contributed by atoms with E-state index in [-0.39, 0.29) is 6.04 Å². The number of thiophene rings is 1. The van der Waals surface area contributed by atoms with Crippen LogP contribution in [0.1, 0.15) is 28.2 Å². The van der Waals surface area contributed by atoms with Crippen molar-refractivity contribution in [1.82, 2.24) is 9.62 Å². The number of nitrogens with zero attached hydrogens (tertiary/aromatic N) is 1. The zero-order valence-electron chi connectivity index (χ0n) is 14.4. The third-order valence-corrected chi connectivity index (χ3v) is 7.42. The van der Waals surface area contributed by atoms with E-state index in [0.29, 0.717) is 11.4 Å². The van der Waals surface area contributed by atoms with E-state index < -0.39 is 10.0 Å². The van der Waals surface area contributed by atoms with Gasteiger partial charge in [-0.2, -0.15) is 0 Å². The van der Waals surface area contributed by atoms with E-state index in [9.17, 15) is 8.42 Å². The van der Waals surface area contributed by atoms with Gasteiger partial charge in [-0.25, -0.2) is 13.1 Å². The maximum Gasteiger partial charge on any atom is 0.241 e. The fraction of sp³-hybridized carbons (Fsp3) is 0.444. The average molecular weight is 380 g/mol. The molecule has 2 heterocycles. The largest absolute Gasteiger partial charge is 0.326 e. The molecule has 0 amide bonds.